The van der Waals surface area contributed by atoms with E-state index in [-0.39, 0.29) is 0 Å². The molecule has 0 aliphatic carbocycles. The Balaban J connectivity index is 0. The van der Waals surface area contributed by atoms with Gasteiger partial charge in [-0.3, -0.25) is 0 Å². The second-order valence-electron chi connectivity index (χ2n) is 7.91. The van der Waals surface area contributed by atoms with Crippen molar-refractivity contribution in [3.63, 3.8) is 0 Å². The predicted molar refractivity (Wildman–Crippen MR) is 122 cm³/mol. The summed E-state index contributed by atoms with van der Waals surface area (Å²) in [5.74, 6) is 0. The van der Waals surface area contributed by atoms with E-state index < -0.39 is 0 Å². The van der Waals surface area contributed by atoms with E-state index in [1.165, 1.54) is 128 Å². The second-order valence-corrected chi connectivity index (χ2v) is 7.91. The van der Waals surface area contributed by atoms with Gasteiger partial charge in [-0.15, -0.1) is 0 Å². The van der Waals surface area contributed by atoms with Gasteiger partial charge in [-0.2, -0.15) is 0 Å². The van der Waals surface area contributed by atoms with Crippen molar-refractivity contribution < 1.29 is 0 Å². The van der Waals surface area contributed by atoms with E-state index in [0.717, 1.165) is 13.1 Å². The van der Waals surface area contributed by atoms with Crippen molar-refractivity contribution in [2.45, 2.75) is 142 Å². The van der Waals surface area contributed by atoms with Crippen LogP contribution in [0.15, 0.2) is 0 Å². The monoisotopic (exact) mass is 370 g/mol. The van der Waals surface area contributed by atoms with Crippen LogP contribution in [-0.4, -0.2) is 13.1 Å². The first-order valence-corrected chi connectivity index (χ1v) is 12.2. The molecule has 0 fully saturated rings. The van der Waals surface area contributed by atoms with Crippen LogP contribution in [0.3, 0.4) is 0 Å². The molecule has 2 heteroatoms. The number of rotatable bonds is 20. The summed E-state index contributed by atoms with van der Waals surface area (Å²) in [7, 11) is 0. The van der Waals surface area contributed by atoms with Crippen molar-refractivity contribution in [2.24, 2.45) is 11.5 Å². The molecule has 0 aliphatic heterocycles. The van der Waals surface area contributed by atoms with Crippen molar-refractivity contribution >= 4 is 0 Å². The molecule has 0 rings (SSSR count). The summed E-state index contributed by atoms with van der Waals surface area (Å²) in [6, 6.07) is 0. The molecule has 0 radical (unpaired) electrons. The van der Waals surface area contributed by atoms with Crippen molar-refractivity contribution in [3.05, 3.63) is 0 Å². The lowest BCUT2D eigenvalue weighted by Gasteiger charge is -2.04. The molecule has 0 saturated heterocycles. The average molecular weight is 371 g/mol. The van der Waals surface area contributed by atoms with Crippen LogP contribution in [0, 0.1) is 0 Å². The first-order valence-electron chi connectivity index (χ1n) is 12.2. The van der Waals surface area contributed by atoms with Gasteiger partial charge in [0.15, 0.2) is 0 Å². The molecular formula is C24H54N2. The SMILES string of the molecule is CCCCCCCCCCCCCCCCCCCCCCN.CCN. The number of hydrogen-bond acceptors (Lipinski definition) is 2. The Hall–Kier alpha value is -0.0800. The molecule has 0 unspecified atom stereocenters. The molecule has 0 aromatic rings. The van der Waals surface area contributed by atoms with Gasteiger partial charge in [-0.1, -0.05) is 136 Å². The van der Waals surface area contributed by atoms with E-state index in [9.17, 15) is 0 Å². The van der Waals surface area contributed by atoms with Crippen LogP contribution >= 0.6 is 0 Å². The smallest absolute Gasteiger partial charge is 0.00773 e. The van der Waals surface area contributed by atoms with Gasteiger partial charge in [0.05, 0.1) is 0 Å². The Morgan fingerprint density at radius 1 is 0.346 bits per heavy atom. The fourth-order valence-electron chi connectivity index (χ4n) is 3.40. The van der Waals surface area contributed by atoms with Gasteiger partial charge >= 0.3 is 0 Å². The molecule has 0 atom stereocenters. The third kappa shape index (κ3) is 31.7. The lowest BCUT2D eigenvalue weighted by molar-refractivity contribution is 0.522. The molecule has 0 spiro atoms. The molecule has 0 aliphatic rings. The van der Waals surface area contributed by atoms with E-state index in [0.29, 0.717) is 0 Å². The molecule has 0 aromatic heterocycles. The molecule has 160 valence electrons. The van der Waals surface area contributed by atoms with Crippen molar-refractivity contribution in [1.29, 1.82) is 0 Å². The number of hydrogen-bond donors (Lipinski definition) is 2. The van der Waals surface area contributed by atoms with Crippen LogP contribution in [0.2, 0.25) is 0 Å². The zero-order chi connectivity index (χ0) is 19.6. The predicted octanol–water partition coefficient (Wildman–Crippen LogP) is 7.73. The van der Waals surface area contributed by atoms with Crippen LogP contribution in [0.25, 0.3) is 0 Å². The Bertz CT molecular complexity index is 186. The fraction of sp³-hybridized carbons (Fsp3) is 1.00. The summed E-state index contributed by atoms with van der Waals surface area (Å²) in [5, 5.41) is 0. The van der Waals surface area contributed by atoms with Crippen molar-refractivity contribution in [1.82, 2.24) is 0 Å². The maximum Gasteiger partial charge on any atom is -0.00773 e. The first-order chi connectivity index (χ1) is 12.8. The van der Waals surface area contributed by atoms with Gasteiger partial charge in [-0.05, 0) is 19.5 Å². The summed E-state index contributed by atoms with van der Waals surface area (Å²) in [6.07, 6.45) is 28.8. The summed E-state index contributed by atoms with van der Waals surface area (Å²) in [6.45, 7) is 5.82. The normalized spacial score (nSPS) is 10.6. The highest BCUT2D eigenvalue weighted by atomic mass is 14.5. The van der Waals surface area contributed by atoms with Crippen LogP contribution in [0.5, 0.6) is 0 Å². The zero-order valence-corrected chi connectivity index (χ0v) is 18.7. The Morgan fingerprint density at radius 2 is 0.538 bits per heavy atom. The quantitative estimate of drug-likeness (QED) is 0.215. The molecular weight excluding hydrogens is 316 g/mol. The van der Waals surface area contributed by atoms with Crippen LogP contribution in [0.4, 0.5) is 0 Å². The fourth-order valence-corrected chi connectivity index (χ4v) is 3.40. The lowest BCUT2D eigenvalue weighted by Crippen LogP contribution is -1.97. The molecule has 0 heterocycles. The van der Waals surface area contributed by atoms with Gasteiger partial charge in [0.25, 0.3) is 0 Å². The van der Waals surface area contributed by atoms with Gasteiger partial charge in [0.1, 0.15) is 0 Å². The lowest BCUT2D eigenvalue weighted by atomic mass is 10.0. The molecule has 26 heavy (non-hydrogen) atoms. The first kappa shape index (κ1) is 28.1. The van der Waals surface area contributed by atoms with Gasteiger partial charge in [0, 0.05) is 0 Å². The molecule has 2 nitrogen and oxygen atoms in total. The second kappa shape index (κ2) is 29.7. The minimum atomic E-state index is 0.750. The molecule has 0 bridgehead atoms. The highest BCUT2D eigenvalue weighted by Crippen LogP contribution is 2.14. The summed E-state index contributed by atoms with van der Waals surface area (Å²) < 4.78 is 0. The van der Waals surface area contributed by atoms with Gasteiger partial charge < -0.3 is 11.5 Å². The van der Waals surface area contributed by atoms with E-state index in [1.54, 1.807) is 0 Å². The third-order valence-corrected chi connectivity index (χ3v) is 5.06. The van der Waals surface area contributed by atoms with E-state index >= 15 is 0 Å². The van der Waals surface area contributed by atoms with Crippen LogP contribution in [0.1, 0.15) is 142 Å². The van der Waals surface area contributed by atoms with Crippen LogP contribution < -0.4 is 11.5 Å². The maximum absolute atomic E-state index is 5.51. The maximum atomic E-state index is 5.51. The minimum absolute atomic E-state index is 0.750. The van der Waals surface area contributed by atoms with Gasteiger partial charge in [0.2, 0.25) is 0 Å². The average Bonchev–Trinajstić information content (AvgIpc) is 2.64. The third-order valence-electron chi connectivity index (χ3n) is 5.06. The molecule has 0 aromatic carbocycles. The molecule has 0 saturated carbocycles. The number of nitrogens with two attached hydrogens (primary N) is 2. The largest absolute Gasteiger partial charge is 0.331 e. The highest BCUT2D eigenvalue weighted by molar-refractivity contribution is 4.50. The number of unbranched alkanes of at least 4 members (excludes halogenated alkanes) is 19. The molecule has 0 amide bonds. The highest BCUT2D eigenvalue weighted by Gasteiger charge is 1.95. The van der Waals surface area contributed by atoms with Gasteiger partial charge in [-0.25, -0.2) is 0 Å². The topological polar surface area (TPSA) is 52.0 Å². The zero-order valence-electron chi connectivity index (χ0n) is 18.7. The van der Waals surface area contributed by atoms with Crippen molar-refractivity contribution in [3.8, 4) is 0 Å². The Labute approximate surface area is 167 Å². The van der Waals surface area contributed by atoms with E-state index in [1.807, 2.05) is 6.92 Å². The minimum Gasteiger partial charge on any atom is -0.331 e. The Kier molecular flexibility index (Phi) is 32.1. The Morgan fingerprint density at radius 3 is 0.731 bits per heavy atom. The van der Waals surface area contributed by atoms with Crippen molar-refractivity contribution in [2.75, 3.05) is 13.1 Å². The van der Waals surface area contributed by atoms with Crippen LogP contribution in [-0.2, 0) is 0 Å². The summed E-state index contributed by atoms with van der Waals surface area (Å²) >= 11 is 0. The summed E-state index contributed by atoms with van der Waals surface area (Å²) in [5.41, 5.74) is 10.4. The van der Waals surface area contributed by atoms with E-state index in [4.69, 9.17) is 11.5 Å². The standard InChI is InChI=1S/C22H47N.C2H7N/c1-2-3-4-5-6-7-8-9-10-11-12-13-14-15-16-17-18-19-20-21-22-23;1-2-3/h2-23H2,1H3;2-3H2,1H3. The molecule has 4 N–H and O–H groups in total. The summed E-state index contributed by atoms with van der Waals surface area (Å²) in [4.78, 5) is 0. The van der Waals surface area contributed by atoms with E-state index in [2.05, 4.69) is 6.92 Å².